The molecule has 6 heteroatoms. The zero-order valence-electron chi connectivity index (χ0n) is 17.8. The summed E-state index contributed by atoms with van der Waals surface area (Å²) in [6, 6.07) is 16.9. The molecule has 6 nitrogen and oxygen atoms in total. The Morgan fingerprint density at radius 1 is 0.839 bits per heavy atom. The number of anilines is 1. The molecule has 2 aromatic heterocycles. The molecule has 0 radical (unpaired) electrons. The van der Waals surface area contributed by atoms with Gasteiger partial charge in [0.1, 0.15) is 5.65 Å². The molecule has 31 heavy (non-hydrogen) atoms. The van der Waals surface area contributed by atoms with Crippen LogP contribution in [0.2, 0.25) is 0 Å². The number of benzene rings is 2. The molecular weight excluding hydrogens is 388 g/mol. The molecule has 1 saturated heterocycles. The topological polar surface area (TPSA) is 62.4 Å². The van der Waals surface area contributed by atoms with Crippen LogP contribution < -0.4 is 19.7 Å². The molecular formula is C25H26N4O2. The molecule has 1 aliphatic rings. The number of pyridine rings is 1. The predicted molar refractivity (Wildman–Crippen MR) is 125 cm³/mol. The Morgan fingerprint density at radius 3 is 2.32 bits per heavy atom. The van der Waals surface area contributed by atoms with E-state index in [1.54, 1.807) is 14.2 Å². The van der Waals surface area contributed by atoms with Crippen molar-refractivity contribution in [1.82, 2.24) is 15.3 Å². The second-order valence-electron chi connectivity index (χ2n) is 7.68. The summed E-state index contributed by atoms with van der Waals surface area (Å²) in [6.07, 6.45) is 3.92. The summed E-state index contributed by atoms with van der Waals surface area (Å²) in [7, 11) is 3.30. The third-order valence-corrected chi connectivity index (χ3v) is 5.91. The molecule has 1 aliphatic heterocycles. The number of hydrogen-bond donors (Lipinski definition) is 2. The number of ether oxygens (including phenoxy) is 2. The fourth-order valence-electron chi connectivity index (χ4n) is 4.19. The van der Waals surface area contributed by atoms with E-state index in [4.69, 9.17) is 9.47 Å². The smallest absolute Gasteiger partial charge is 0.161 e. The van der Waals surface area contributed by atoms with E-state index < -0.39 is 0 Å². The van der Waals surface area contributed by atoms with Crippen molar-refractivity contribution in [3.05, 3.63) is 60.9 Å². The van der Waals surface area contributed by atoms with E-state index in [1.807, 2.05) is 30.6 Å². The molecule has 0 bridgehead atoms. The van der Waals surface area contributed by atoms with Crippen LogP contribution in [0.3, 0.4) is 0 Å². The number of nitrogens with one attached hydrogen (secondary N) is 2. The lowest BCUT2D eigenvalue weighted by molar-refractivity contribution is 0.355. The Kier molecular flexibility index (Phi) is 5.22. The summed E-state index contributed by atoms with van der Waals surface area (Å²) in [6.45, 7) is 4.17. The maximum Gasteiger partial charge on any atom is 0.161 e. The molecule has 1 fully saturated rings. The van der Waals surface area contributed by atoms with E-state index in [9.17, 15) is 0 Å². The quantitative estimate of drug-likeness (QED) is 0.509. The normalized spacial score (nSPS) is 14.1. The second-order valence-corrected chi connectivity index (χ2v) is 7.68. The number of aromatic amines is 1. The molecule has 0 aliphatic carbocycles. The van der Waals surface area contributed by atoms with Crippen molar-refractivity contribution in [2.24, 2.45) is 0 Å². The molecule has 0 unspecified atom stereocenters. The average Bonchev–Trinajstić information content (AvgIpc) is 3.27. The average molecular weight is 415 g/mol. The molecule has 158 valence electrons. The lowest BCUT2D eigenvalue weighted by Crippen LogP contribution is -2.43. The van der Waals surface area contributed by atoms with Crippen LogP contribution in [-0.4, -0.2) is 50.4 Å². The summed E-state index contributed by atoms with van der Waals surface area (Å²) in [5, 5.41) is 4.48. The molecule has 4 aromatic rings. The van der Waals surface area contributed by atoms with Crippen molar-refractivity contribution in [1.29, 1.82) is 0 Å². The van der Waals surface area contributed by atoms with Gasteiger partial charge in [-0.15, -0.1) is 0 Å². The molecule has 2 aromatic carbocycles. The third kappa shape index (κ3) is 3.70. The molecule has 0 saturated carbocycles. The maximum absolute atomic E-state index is 5.48. The van der Waals surface area contributed by atoms with Gasteiger partial charge in [0.15, 0.2) is 11.5 Å². The second kappa shape index (κ2) is 8.32. The third-order valence-electron chi connectivity index (χ3n) is 5.91. The van der Waals surface area contributed by atoms with Gasteiger partial charge in [0.05, 0.1) is 14.2 Å². The predicted octanol–water partition coefficient (Wildman–Crippen LogP) is 4.32. The summed E-state index contributed by atoms with van der Waals surface area (Å²) < 4.78 is 10.9. The Morgan fingerprint density at radius 2 is 1.58 bits per heavy atom. The Bertz CT molecular complexity index is 1190. The lowest BCUT2D eigenvalue weighted by atomic mass is 10.0. The van der Waals surface area contributed by atoms with Crippen LogP contribution in [0.4, 0.5) is 5.69 Å². The zero-order chi connectivity index (χ0) is 21.2. The van der Waals surface area contributed by atoms with Crippen LogP contribution in [0.1, 0.15) is 0 Å². The number of rotatable bonds is 5. The van der Waals surface area contributed by atoms with Crippen LogP contribution in [0.15, 0.2) is 60.9 Å². The van der Waals surface area contributed by atoms with Gasteiger partial charge < -0.3 is 24.7 Å². The minimum Gasteiger partial charge on any atom is -0.493 e. The van der Waals surface area contributed by atoms with E-state index in [0.29, 0.717) is 5.75 Å². The standard InChI is InChI=1S/C25H26N4O2/c1-30-23-8-5-18(14-24(23)31-2)22-16-28-25-21(22)13-19(15-27-25)17-3-6-20(7-4-17)29-11-9-26-10-12-29/h3-8,13-16,26H,9-12H2,1-2H3,(H,27,28). The number of fused-ring (bicyclic) bond motifs is 1. The number of piperazine rings is 1. The fraction of sp³-hybridized carbons (Fsp3) is 0.240. The highest BCUT2D eigenvalue weighted by molar-refractivity contribution is 5.96. The minimum absolute atomic E-state index is 0.710. The molecule has 5 rings (SSSR count). The van der Waals surface area contributed by atoms with Crippen LogP contribution in [0.25, 0.3) is 33.3 Å². The van der Waals surface area contributed by atoms with Gasteiger partial charge in [-0.3, -0.25) is 0 Å². The number of hydrogen-bond acceptors (Lipinski definition) is 5. The number of nitrogens with zero attached hydrogens (tertiary/aromatic N) is 2. The Labute approximate surface area is 181 Å². The first-order valence-electron chi connectivity index (χ1n) is 10.5. The van der Waals surface area contributed by atoms with E-state index in [-0.39, 0.29) is 0 Å². The van der Waals surface area contributed by atoms with Gasteiger partial charge in [-0.1, -0.05) is 18.2 Å². The monoisotopic (exact) mass is 414 g/mol. The highest BCUT2D eigenvalue weighted by atomic mass is 16.5. The van der Waals surface area contributed by atoms with E-state index in [0.717, 1.165) is 65.2 Å². The zero-order valence-corrected chi connectivity index (χ0v) is 17.8. The van der Waals surface area contributed by atoms with Crippen molar-refractivity contribution < 1.29 is 9.47 Å². The summed E-state index contributed by atoms with van der Waals surface area (Å²) >= 11 is 0. The van der Waals surface area contributed by atoms with Gasteiger partial charge >= 0.3 is 0 Å². The molecule has 2 N–H and O–H groups in total. The molecule has 3 heterocycles. The van der Waals surface area contributed by atoms with Crippen molar-refractivity contribution in [2.75, 3.05) is 45.3 Å². The number of methoxy groups -OCH3 is 2. The Hall–Kier alpha value is -3.51. The van der Waals surface area contributed by atoms with Gasteiger partial charge in [-0.2, -0.15) is 0 Å². The fourth-order valence-corrected chi connectivity index (χ4v) is 4.19. The van der Waals surface area contributed by atoms with Gasteiger partial charge in [0.25, 0.3) is 0 Å². The molecule has 0 spiro atoms. The van der Waals surface area contributed by atoms with E-state index in [1.165, 1.54) is 5.69 Å². The van der Waals surface area contributed by atoms with E-state index >= 15 is 0 Å². The van der Waals surface area contributed by atoms with Crippen LogP contribution >= 0.6 is 0 Å². The SMILES string of the molecule is COc1ccc(-c2c[nH]c3ncc(-c4ccc(N5CCNCC5)cc4)cc23)cc1OC. The van der Waals surface area contributed by atoms with Crippen molar-refractivity contribution in [3.63, 3.8) is 0 Å². The first kappa shape index (κ1) is 19.5. The van der Waals surface area contributed by atoms with Gasteiger partial charge in [-0.05, 0) is 41.5 Å². The summed E-state index contributed by atoms with van der Waals surface area (Å²) in [5.41, 5.74) is 6.53. The van der Waals surface area contributed by atoms with E-state index in [2.05, 4.69) is 50.5 Å². The molecule has 0 amide bonds. The van der Waals surface area contributed by atoms with Crippen molar-refractivity contribution in [2.45, 2.75) is 0 Å². The first-order valence-corrected chi connectivity index (χ1v) is 10.5. The first-order chi connectivity index (χ1) is 15.3. The van der Waals surface area contributed by atoms with Gasteiger partial charge in [0.2, 0.25) is 0 Å². The number of H-pyrrole nitrogens is 1. The van der Waals surface area contributed by atoms with Gasteiger partial charge in [-0.25, -0.2) is 4.98 Å². The van der Waals surface area contributed by atoms with Crippen LogP contribution in [-0.2, 0) is 0 Å². The van der Waals surface area contributed by atoms with Crippen molar-refractivity contribution >= 4 is 16.7 Å². The highest BCUT2D eigenvalue weighted by Gasteiger charge is 2.13. The summed E-state index contributed by atoms with van der Waals surface area (Å²) in [5.74, 6) is 1.43. The maximum atomic E-state index is 5.48. The largest absolute Gasteiger partial charge is 0.493 e. The highest BCUT2D eigenvalue weighted by Crippen LogP contribution is 2.36. The number of aromatic nitrogens is 2. The van der Waals surface area contributed by atoms with Crippen molar-refractivity contribution in [3.8, 4) is 33.8 Å². The van der Waals surface area contributed by atoms with Gasteiger partial charge in [0, 0.05) is 60.8 Å². The molecule has 0 atom stereocenters. The van der Waals surface area contributed by atoms with Crippen LogP contribution in [0.5, 0.6) is 11.5 Å². The van der Waals surface area contributed by atoms with Crippen LogP contribution in [0, 0.1) is 0 Å². The lowest BCUT2D eigenvalue weighted by Gasteiger charge is -2.29. The minimum atomic E-state index is 0.710. The Balaban J connectivity index is 1.49. The summed E-state index contributed by atoms with van der Waals surface area (Å²) in [4.78, 5) is 10.4.